The molecule has 2 aromatic rings. The Morgan fingerprint density at radius 2 is 2.29 bits per heavy atom. The highest BCUT2D eigenvalue weighted by Crippen LogP contribution is 2.22. The summed E-state index contributed by atoms with van der Waals surface area (Å²) >= 11 is 0. The van der Waals surface area contributed by atoms with Crippen molar-refractivity contribution in [2.45, 2.75) is 19.4 Å². The van der Waals surface area contributed by atoms with E-state index < -0.39 is 6.10 Å². The van der Waals surface area contributed by atoms with Gasteiger partial charge in [-0.1, -0.05) is 18.1 Å². The number of nitrogens with zero attached hydrogens (tertiary/aromatic N) is 1. The fraction of sp³-hybridized carbons (Fsp3) is 0.214. The molecular weight excluding hydrogens is 217 g/mol. The first-order valence-corrected chi connectivity index (χ1v) is 5.29. The number of aromatic nitrogens is 1. The van der Waals surface area contributed by atoms with Gasteiger partial charge in [0.25, 0.3) is 0 Å². The van der Waals surface area contributed by atoms with E-state index in [9.17, 15) is 9.50 Å². The number of halogens is 1. The van der Waals surface area contributed by atoms with Crippen molar-refractivity contribution >= 4 is 10.8 Å². The Morgan fingerprint density at radius 3 is 3.00 bits per heavy atom. The topological polar surface area (TPSA) is 33.1 Å². The summed E-state index contributed by atoms with van der Waals surface area (Å²) in [5, 5.41) is 10.6. The average molecular weight is 229 g/mol. The third-order valence-corrected chi connectivity index (χ3v) is 2.66. The molecule has 0 fully saturated rings. The minimum atomic E-state index is -0.958. The predicted octanol–water partition coefficient (Wildman–Crippen LogP) is 2.22. The molecule has 0 aliphatic carbocycles. The molecule has 0 aliphatic rings. The molecule has 3 heteroatoms. The third-order valence-electron chi connectivity index (χ3n) is 2.66. The fourth-order valence-corrected chi connectivity index (χ4v) is 1.76. The summed E-state index contributed by atoms with van der Waals surface area (Å²) < 4.78 is 14.1. The number of aryl methyl sites for hydroxylation is 1. The second kappa shape index (κ2) is 4.52. The third kappa shape index (κ3) is 2.27. The molecule has 2 nitrogen and oxygen atoms in total. The van der Waals surface area contributed by atoms with Crippen LogP contribution in [0.25, 0.3) is 10.8 Å². The Balaban J connectivity index is 2.51. The maximum Gasteiger partial charge on any atom is 0.135 e. The monoisotopic (exact) mass is 229 g/mol. The molecule has 0 saturated carbocycles. The lowest BCUT2D eigenvalue weighted by atomic mass is 10.0. The molecule has 86 valence electrons. The Bertz CT molecular complexity index is 601. The molecule has 0 bridgehead atoms. The van der Waals surface area contributed by atoms with E-state index in [-0.39, 0.29) is 12.2 Å². The van der Waals surface area contributed by atoms with Crippen molar-refractivity contribution in [2.24, 2.45) is 0 Å². The smallest absolute Gasteiger partial charge is 0.135 e. The number of fused-ring (bicyclic) bond motifs is 1. The van der Waals surface area contributed by atoms with E-state index in [1.54, 1.807) is 6.07 Å². The number of terminal acetylenes is 1. The highest BCUT2D eigenvalue weighted by atomic mass is 19.1. The van der Waals surface area contributed by atoms with Crippen molar-refractivity contribution in [1.29, 1.82) is 0 Å². The van der Waals surface area contributed by atoms with Gasteiger partial charge in [-0.25, -0.2) is 4.39 Å². The van der Waals surface area contributed by atoms with Crippen LogP contribution in [-0.2, 0) is 6.42 Å². The zero-order valence-corrected chi connectivity index (χ0v) is 9.44. The highest BCUT2D eigenvalue weighted by molar-refractivity contribution is 5.83. The van der Waals surface area contributed by atoms with E-state index in [2.05, 4.69) is 10.9 Å². The lowest BCUT2D eigenvalue weighted by molar-refractivity contribution is 0.232. The summed E-state index contributed by atoms with van der Waals surface area (Å²) in [7, 11) is 0. The van der Waals surface area contributed by atoms with Gasteiger partial charge in [0.15, 0.2) is 0 Å². The summed E-state index contributed by atoms with van der Waals surface area (Å²) in [4.78, 5) is 4.07. The molecule has 0 aliphatic heterocycles. The first kappa shape index (κ1) is 11.6. The molecule has 1 atom stereocenters. The molecule has 1 aromatic carbocycles. The molecular formula is C14H12FNO. The Morgan fingerprint density at radius 1 is 1.53 bits per heavy atom. The molecule has 1 heterocycles. The van der Waals surface area contributed by atoms with Crippen molar-refractivity contribution in [3.8, 4) is 12.3 Å². The van der Waals surface area contributed by atoms with Crippen LogP contribution in [0.4, 0.5) is 4.39 Å². The predicted molar refractivity (Wildman–Crippen MR) is 65.0 cm³/mol. The number of hydrogen-bond donors (Lipinski definition) is 1. The number of aliphatic hydroxyl groups excluding tert-OH is 1. The van der Waals surface area contributed by atoms with Crippen LogP contribution >= 0.6 is 0 Å². The van der Waals surface area contributed by atoms with Crippen molar-refractivity contribution in [3.05, 3.63) is 41.5 Å². The molecule has 0 saturated heterocycles. The second-order valence-corrected chi connectivity index (χ2v) is 3.97. The van der Waals surface area contributed by atoms with Crippen molar-refractivity contribution < 1.29 is 9.50 Å². The summed E-state index contributed by atoms with van der Waals surface area (Å²) in [5.41, 5.74) is 1.25. The molecule has 1 unspecified atom stereocenters. The van der Waals surface area contributed by atoms with Gasteiger partial charge in [0.2, 0.25) is 0 Å². The van der Waals surface area contributed by atoms with Gasteiger partial charge in [0.1, 0.15) is 11.9 Å². The average Bonchev–Trinajstić information content (AvgIpc) is 2.32. The van der Waals surface area contributed by atoms with Crippen LogP contribution < -0.4 is 0 Å². The molecule has 1 N–H and O–H groups in total. The van der Waals surface area contributed by atoms with E-state index in [0.29, 0.717) is 10.9 Å². The molecule has 1 aromatic heterocycles. The maximum absolute atomic E-state index is 14.1. The van der Waals surface area contributed by atoms with Crippen molar-refractivity contribution in [1.82, 2.24) is 4.98 Å². The van der Waals surface area contributed by atoms with Crippen LogP contribution in [0.3, 0.4) is 0 Å². The van der Waals surface area contributed by atoms with E-state index in [1.165, 1.54) is 6.20 Å². The van der Waals surface area contributed by atoms with Gasteiger partial charge in [-0.2, -0.15) is 0 Å². The van der Waals surface area contributed by atoms with Gasteiger partial charge in [-0.05, 0) is 23.9 Å². The van der Waals surface area contributed by atoms with E-state index in [1.807, 2.05) is 19.1 Å². The van der Waals surface area contributed by atoms with Crippen LogP contribution in [0.5, 0.6) is 0 Å². The molecule has 17 heavy (non-hydrogen) atoms. The lowest BCUT2D eigenvalue weighted by Crippen LogP contribution is -2.08. The SMILES string of the molecule is C#CC(O)Cc1ccc2cc(C)ncc2c1F. The second-order valence-electron chi connectivity index (χ2n) is 3.97. The van der Waals surface area contributed by atoms with Gasteiger partial charge in [0.05, 0.1) is 0 Å². The van der Waals surface area contributed by atoms with E-state index in [0.717, 1.165) is 11.1 Å². The van der Waals surface area contributed by atoms with Crippen LogP contribution in [0.1, 0.15) is 11.3 Å². The van der Waals surface area contributed by atoms with Crippen LogP contribution in [-0.4, -0.2) is 16.2 Å². The van der Waals surface area contributed by atoms with Crippen molar-refractivity contribution in [3.63, 3.8) is 0 Å². The van der Waals surface area contributed by atoms with Crippen LogP contribution in [0, 0.1) is 25.1 Å². The summed E-state index contributed by atoms with van der Waals surface area (Å²) in [6.07, 6.45) is 5.73. The standard InChI is InChI=1S/C14H12FNO/c1-3-12(17)7-11-5-4-10-6-9(2)16-8-13(10)14(11)15/h1,4-6,8,12,17H,7H2,2H3. The lowest BCUT2D eigenvalue weighted by Gasteiger charge is -2.08. The minimum absolute atomic E-state index is 0.117. The molecule has 0 spiro atoms. The van der Waals surface area contributed by atoms with Gasteiger partial charge >= 0.3 is 0 Å². The number of rotatable bonds is 2. The maximum atomic E-state index is 14.1. The minimum Gasteiger partial charge on any atom is -0.380 e. The Hall–Kier alpha value is -1.92. The van der Waals surface area contributed by atoms with E-state index >= 15 is 0 Å². The normalized spacial score (nSPS) is 12.4. The van der Waals surface area contributed by atoms with Crippen molar-refractivity contribution in [2.75, 3.05) is 0 Å². The number of hydrogen-bond acceptors (Lipinski definition) is 2. The fourth-order valence-electron chi connectivity index (χ4n) is 1.76. The zero-order valence-electron chi connectivity index (χ0n) is 9.44. The van der Waals surface area contributed by atoms with Gasteiger partial charge in [-0.15, -0.1) is 6.42 Å². The van der Waals surface area contributed by atoms with Gasteiger partial charge in [0, 0.05) is 23.7 Å². The largest absolute Gasteiger partial charge is 0.380 e. The van der Waals surface area contributed by atoms with E-state index in [4.69, 9.17) is 6.42 Å². The Kier molecular flexibility index (Phi) is 3.08. The number of pyridine rings is 1. The zero-order chi connectivity index (χ0) is 12.4. The number of benzene rings is 1. The van der Waals surface area contributed by atoms with Crippen LogP contribution in [0.2, 0.25) is 0 Å². The first-order chi connectivity index (χ1) is 8.11. The molecule has 0 amide bonds. The number of aliphatic hydroxyl groups is 1. The summed E-state index contributed by atoms with van der Waals surface area (Å²) in [5.74, 6) is 1.81. The van der Waals surface area contributed by atoms with Gasteiger partial charge < -0.3 is 5.11 Å². The quantitative estimate of drug-likeness (QED) is 0.801. The highest BCUT2D eigenvalue weighted by Gasteiger charge is 2.10. The Labute approximate surface area is 99.1 Å². The molecule has 2 rings (SSSR count). The van der Waals surface area contributed by atoms with Crippen LogP contribution in [0.15, 0.2) is 24.4 Å². The first-order valence-electron chi connectivity index (χ1n) is 5.29. The van der Waals surface area contributed by atoms with Gasteiger partial charge in [-0.3, -0.25) is 4.98 Å². The summed E-state index contributed by atoms with van der Waals surface area (Å²) in [6.45, 7) is 1.85. The summed E-state index contributed by atoms with van der Waals surface area (Å²) in [6, 6.07) is 5.28. The molecule has 0 radical (unpaired) electrons.